The van der Waals surface area contributed by atoms with Crippen molar-refractivity contribution >= 4 is 29.3 Å². The molecule has 0 radical (unpaired) electrons. The number of esters is 1. The summed E-state index contributed by atoms with van der Waals surface area (Å²) >= 11 is 7.41. The third-order valence-corrected chi connectivity index (χ3v) is 3.49. The summed E-state index contributed by atoms with van der Waals surface area (Å²) in [5, 5.41) is 10.2. The zero-order valence-electron chi connectivity index (χ0n) is 9.56. The van der Waals surface area contributed by atoms with E-state index < -0.39 is 6.10 Å². The summed E-state index contributed by atoms with van der Waals surface area (Å²) in [6.07, 6.45) is -0.620. The van der Waals surface area contributed by atoms with Crippen molar-refractivity contribution in [2.75, 3.05) is 12.9 Å². The minimum absolute atomic E-state index is 0.0407. The number of thioether (sulfide) groups is 1. The lowest BCUT2D eigenvalue weighted by Crippen LogP contribution is -2.16. The molecule has 0 aliphatic carbocycles. The van der Waals surface area contributed by atoms with E-state index in [0.717, 1.165) is 11.3 Å². The van der Waals surface area contributed by atoms with Crippen LogP contribution in [0.25, 0.3) is 0 Å². The van der Waals surface area contributed by atoms with E-state index in [1.54, 1.807) is 11.8 Å². The molecule has 0 unspecified atom stereocenters. The molecule has 1 aromatic rings. The van der Waals surface area contributed by atoms with Crippen molar-refractivity contribution in [1.29, 1.82) is 0 Å². The maximum absolute atomic E-state index is 10.9. The minimum Gasteiger partial charge on any atom is -0.469 e. The van der Waals surface area contributed by atoms with E-state index in [0.29, 0.717) is 10.8 Å². The van der Waals surface area contributed by atoms with Gasteiger partial charge in [-0.1, -0.05) is 23.7 Å². The Morgan fingerprint density at radius 2 is 2.35 bits per heavy atom. The van der Waals surface area contributed by atoms with Gasteiger partial charge >= 0.3 is 5.97 Å². The Labute approximate surface area is 110 Å². The van der Waals surface area contributed by atoms with Crippen LogP contribution < -0.4 is 0 Å². The van der Waals surface area contributed by atoms with E-state index in [-0.39, 0.29) is 12.4 Å². The molecule has 1 aromatic carbocycles. The number of methoxy groups -OCH3 is 1. The molecule has 0 bridgehead atoms. The molecule has 1 N–H and O–H groups in total. The molecule has 0 heterocycles. The largest absolute Gasteiger partial charge is 0.469 e. The maximum Gasteiger partial charge on any atom is 0.308 e. The number of rotatable bonds is 6. The first-order chi connectivity index (χ1) is 8.11. The molecule has 0 aromatic heterocycles. The molecule has 0 fully saturated rings. The number of halogens is 1. The Bertz CT molecular complexity index is 371. The first-order valence-corrected chi connectivity index (χ1v) is 6.72. The lowest BCUT2D eigenvalue weighted by atomic mass is 10.2. The number of hydrogen-bond donors (Lipinski definition) is 1. The average molecular weight is 275 g/mol. The molecule has 5 heteroatoms. The van der Waals surface area contributed by atoms with E-state index in [2.05, 4.69) is 4.74 Å². The van der Waals surface area contributed by atoms with Crippen molar-refractivity contribution in [2.24, 2.45) is 0 Å². The summed E-state index contributed by atoms with van der Waals surface area (Å²) in [6.45, 7) is 0. The van der Waals surface area contributed by atoms with Crippen molar-refractivity contribution in [1.82, 2.24) is 0 Å². The predicted octanol–water partition coefficient (Wildman–Crippen LogP) is 2.50. The predicted molar refractivity (Wildman–Crippen MR) is 70.3 cm³/mol. The molecule has 94 valence electrons. The summed E-state index contributed by atoms with van der Waals surface area (Å²) in [5.41, 5.74) is 1.10. The minimum atomic E-state index is -0.661. The third kappa shape index (κ3) is 5.96. The Hall–Kier alpha value is -0.710. The first-order valence-electron chi connectivity index (χ1n) is 5.19. The van der Waals surface area contributed by atoms with Crippen LogP contribution in [0, 0.1) is 0 Å². The van der Waals surface area contributed by atoms with Crippen LogP contribution in [0.1, 0.15) is 12.0 Å². The third-order valence-electron chi connectivity index (χ3n) is 2.10. The second kappa shape index (κ2) is 7.58. The molecule has 0 aliphatic rings. The van der Waals surface area contributed by atoms with Gasteiger partial charge in [-0.25, -0.2) is 0 Å². The van der Waals surface area contributed by atoms with Crippen molar-refractivity contribution in [3.8, 4) is 0 Å². The summed E-state index contributed by atoms with van der Waals surface area (Å²) in [4.78, 5) is 10.9. The van der Waals surface area contributed by atoms with Gasteiger partial charge in [-0.15, -0.1) is 0 Å². The average Bonchev–Trinajstić information content (AvgIpc) is 2.29. The summed E-state index contributed by atoms with van der Waals surface area (Å²) in [5.74, 6) is 0.876. The lowest BCUT2D eigenvalue weighted by molar-refractivity contribution is -0.142. The number of carbonyl (C=O) groups is 1. The topological polar surface area (TPSA) is 46.5 Å². The summed E-state index contributed by atoms with van der Waals surface area (Å²) in [7, 11) is 1.31. The SMILES string of the molecule is COC(=O)C[C@@H](O)CSCc1cccc(Cl)c1. The molecular formula is C12H15ClO3S. The van der Waals surface area contributed by atoms with Crippen LogP contribution in [0.3, 0.4) is 0 Å². The van der Waals surface area contributed by atoms with Gasteiger partial charge in [0.2, 0.25) is 0 Å². The fraction of sp³-hybridized carbons (Fsp3) is 0.417. The van der Waals surface area contributed by atoms with E-state index in [4.69, 9.17) is 11.6 Å². The lowest BCUT2D eigenvalue weighted by Gasteiger charge is -2.08. The van der Waals surface area contributed by atoms with Gasteiger partial charge in [0.25, 0.3) is 0 Å². The Balaban J connectivity index is 2.25. The second-order valence-electron chi connectivity index (χ2n) is 3.58. The van der Waals surface area contributed by atoms with Crippen molar-refractivity contribution in [3.05, 3.63) is 34.9 Å². The number of benzene rings is 1. The molecule has 0 spiro atoms. The summed E-state index contributed by atoms with van der Waals surface area (Å²) < 4.78 is 4.48. The maximum atomic E-state index is 10.9. The molecule has 0 saturated heterocycles. The zero-order chi connectivity index (χ0) is 12.7. The van der Waals surface area contributed by atoms with Gasteiger partial charge < -0.3 is 9.84 Å². The number of hydrogen-bond acceptors (Lipinski definition) is 4. The van der Waals surface area contributed by atoms with Gasteiger partial charge in [-0.05, 0) is 17.7 Å². The van der Waals surface area contributed by atoms with Crippen LogP contribution in [-0.2, 0) is 15.3 Å². The van der Waals surface area contributed by atoms with E-state index >= 15 is 0 Å². The monoisotopic (exact) mass is 274 g/mol. The van der Waals surface area contributed by atoms with Gasteiger partial charge in [0.15, 0.2) is 0 Å². The zero-order valence-corrected chi connectivity index (χ0v) is 11.1. The van der Waals surface area contributed by atoms with E-state index in [1.165, 1.54) is 7.11 Å². The highest BCUT2D eigenvalue weighted by Crippen LogP contribution is 2.17. The van der Waals surface area contributed by atoms with Crippen LogP contribution in [0.5, 0.6) is 0 Å². The van der Waals surface area contributed by atoms with Crippen molar-refractivity contribution in [2.45, 2.75) is 18.3 Å². The highest BCUT2D eigenvalue weighted by Gasteiger charge is 2.10. The molecule has 0 aliphatic heterocycles. The smallest absolute Gasteiger partial charge is 0.308 e. The van der Waals surface area contributed by atoms with Crippen LogP contribution in [0.2, 0.25) is 5.02 Å². The number of carbonyl (C=O) groups excluding carboxylic acids is 1. The Morgan fingerprint density at radius 3 is 3.00 bits per heavy atom. The normalized spacial score (nSPS) is 12.2. The highest BCUT2D eigenvalue weighted by atomic mass is 35.5. The molecule has 3 nitrogen and oxygen atoms in total. The molecule has 0 amide bonds. The first kappa shape index (κ1) is 14.4. The van der Waals surface area contributed by atoms with Crippen LogP contribution >= 0.6 is 23.4 Å². The Morgan fingerprint density at radius 1 is 1.59 bits per heavy atom. The van der Waals surface area contributed by atoms with Crippen LogP contribution in [0.4, 0.5) is 0 Å². The second-order valence-corrected chi connectivity index (χ2v) is 5.05. The highest BCUT2D eigenvalue weighted by molar-refractivity contribution is 7.98. The number of aliphatic hydroxyl groups is 1. The van der Waals surface area contributed by atoms with Gasteiger partial charge in [0, 0.05) is 16.5 Å². The standard InChI is InChI=1S/C12H15ClO3S/c1-16-12(15)6-11(14)8-17-7-9-3-2-4-10(13)5-9/h2-5,11,14H,6-8H2,1H3/t11-/m1/s1. The van der Waals surface area contributed by atoms with Crippen molar-refractivity contribution in [3.63, 3.8) is 0 Å². The van der Waals surface area contributed by atoms with Gasteiger partial charge in [0.1, 0.15) is 0 Å². The Kier molecular flexibility index (Phi) is 6.40. The quantitative estimate of drug-likeness (QED) is 0.810. The van der Waals surface area contributed by atoms with Crippen LogP contribution in [-0.4, -0.2) is 30.0 Å². The number of ether oxygens (including phenoxy) is 1. The van der Waals surface area contributed by atoms with E-state index in [1.807, 2.05) is 24.3 Å². The number of aliphatic hydroxyl groups excluding tert-OH is 1. The fourth-order valence-electron chi connectivity index (χ4n) is 1.27. The van der Waals surface area contributed by atoms with E-state index in [9.17, 15) is 9.90 Å². The molecule has 17 heavy (non-hydrogen) atoms. The molecule has 1 rings (SSSR count). The van der Waals surface area contributed by atoms with Gasteiger partial charge in [-0.2, -0.15) is 11.8 Å². The van der Waals surface area contributed by atoms with Crippen LogP contribution in [0.15, 0.2) is 24.3 Å². The van der Waals surface area contributed by atoms with Crippen molar-refractivity contribution < 1.29 is 14.6 Å². The van der Waals surface area contributed by atoms with Gasteiger partial charge in [-0.3, -0.25) is 4.79 Å². The molecular weight excluding hydrogens is 260 g/mol. The fourth-order valence-corrected chi connectivity index (χ4v) is 2.41. The molecule has 0 saturated carbocycles. The molecule has 1 atom stereocenters. The van der Waals surface area contributed by atoms with Gasteiger partial charge in [0.05, 0.1) is 19.6 Å². The summed E-state index contributed by atoms with van der Waals surface area (Å²) in [6, 6.07) is 7.58.